The molecule has 1 aromatic rings. The molecular weight excluding hydrogens is 620 g/mol. The molecule has 1 rings (SSSR count). The summed E-state index contributed by atoms with van der Waals surface area (Å²) in [6.07, 6.45) is 1.02. The lowest BCUT2D eigenvalue weighted by atomic mass is 10.0. The van der Waals surface area contributed by atoms with Gasteiger partial charge >= 0.3 is 18.1 Å². The SMILES string of the molecule is CC(C)(C)OC(=O)N[C@@H](CCCNC(N)=O)C(=O)N[C@@H](CCCCN)C(=O)N[C@@H](Cc1ccc(OC(C)(C)C)cc1)C(=O)OC(C)(C)C. The predicted molar refractivity (Wildman–Crippen MR) is 183 cm³/mol. The summed E-state index contributed by atoms with van der Waals surface area (Å²) in [4.78, 5) is 64.3. The molecule has 1 aromatic carbocycles. The number of carbonyl (C=O) groups is 5. The standard InChI is InChI=1S/C34H58N6O8/c1-32(2,3)46-23-17-15-22(16-18-23)21-26(29(43)47-33(4,5)6)39-27(41)24(13-10-11-19-35)38-28(42)25(14-12-20-37-30(36)44)40-31(45)48-34(7,8)9/h15-18,24-26H,10-14,19-21,35H2,1-9H3,(H,38,42)(H,39,41)(H,40,45)(H3,36,37,44)/t24-,25-,26-/m0/s1. The Morgan fingerprint density at radius 3 is 1.71 bits per heavy atom. The van der Waals surface area contributed by atoms with E-state index in [0.717, 1.165) is 5.56 Å². The topological polar surface area (TPSA) is 213 Å². The molecule has 0 aliphatic rings. The van der Waals surface area contributed by atoms with Gasteiger partial charge in [-0.05, 0) is 119 Å². The molecule has 0 saturated heterocycles. The lowest BCUT2D eigenvalue weighted by Crippen LogP contribution is -2.56. The van der Waals surface area contributed by atoms with Gasteiger partial charge in [0.25, 0.3) is 0 Å². The minimum atomic E-state index is -1.10. The Labute approximate surface area is 285 Å². The molecule has 0 radical (unpaired) electrons. The molecule has 0 aliphatic carbocycles. The highest BCUT2D eigenvalue weighted by Crippen LogP contribution is 2.20. The number of carbonyl (C=O) groups excluding carboxylic acids is 5. The van der Waals surface area contributed by atoms with Gasteiger partial charge in [0.05, 0.1) is 0 Å². The average molecular weight is 679 g/mol. The van der Waals surface area contributed by atoms with Crippen LogP contribution in [0.3, 0.4) is 0 Å². The van der Waals surface area contributed by atoms with Crippen LogP contribution in [0.15, 0.2) is 24.3 Å². The summed E-state index contributed by atoms with van der Waals surface area (Å²) >= 11 is 0. The van der Waals surface area contributed by atoms with Crippen LogP contribution >= 0.6 is 0 Å². The molecule has 0 aromatic heterocycles. The molecule has 14 nitrogen and oxygen atoms in total. The van der Waals surface area contributed by atoms with Gasteiger partial charge in [-0.25, -0.2) is 14.4 Å². The van der Waals surface area contributed by atoms with Crippen molar-refractivity contribution in [3.63, 3.8) is 0 Å². The molecule has 0 spiro atoms. The van der Waals surface area contributed by atoms with Crippen LogP contribution in [-0.4, -0.2) is 77.9 Å². The highest BCUT2D eigenvalue weighted by Gasteiger charge is 2.32. The molecule has 272 valence electrons. The van der Waals surface area contributed by atoms with Gasteiger partial charge in [-0.3, -0.25) is 9.59 Å². The van der Waals surface area contributed by atoms with E-state index in [2.05, 4.69) is 21.3 Å². The molecule has 14 heteroatoms. The van der Waals surface area contributed by atoms with Gasteiger partial charge in [-0.1, -0.05) is 12.1 Å². The molecular formula is C34H58N6O8. The van der Waals surface area contributed by atoms with Crippen LogP contribution < -0.4 is 37.5 Å². The fourth-order valence-electron chi connectivity index (χ4n) is 4.39. The number of alkyl carbamates (subject to hydrolysis) is 1. The molecule has 0 saturated carbocycles. The van der Waals surface area contributed by atoms with Gasteiger partial charge in [-0.2, -0.15) is 0 Å². The van der Waals surface area contributed by atoms with Gasteiger partial charge in [0, 0.05) is 13.0 Å². The summed E-state index contributed by atoms with van der Waals surface area (Å²) < 4.78 is 16.9. The summed E-state index contributed by atoms with van der Waals surface area (Å²) in [7, 11) is 0. The second-order valence-corrected chi connectivity index (χ2v) is 14.6. The number of amides is 5. The molecule has 0 unspecified atom stereocenters. The van der Waals surface area contributed by atoms with Crippen molar-refractivity contribution in [3.8, 4) is 5.75 Å². The van der Waals surface area contributed by atoms with Crippen LogP contribution in [0.5, 0.6) is 5.75 Å². The summed E-state index contributed by atoms with van der Waals surface area (Å²) in [6, 6.07) is 3.24. The number of nitrogens with one attached hydrogen (secondary N) is 4. The third-order valence-electron chi connectivity index (χ3n) is 6.35. The van der Waals surface area contributed by atoms with E-state index in [4.69, 9.17) is 25.7 Å². The summed E-state index contributed by atoms with van der Waals surface area (Å²) in [5.74, 6) is -1.22. The first-order chi connectivity index (χ1) is 22.1. The van der Waals surface area contributed by atoms with E-state index in [-0.39, 0.29) is 31.4 Å². The number of ether oxygens (including phenoxy) is 3. The van der Waals surface area contributed by atoms with E-state index in [1.165, 1.54) is 0 Å². The molecule has 5 amide bonds. The predicted octanol–water partition coefficient (Wildman–Crippen LogP) is 3.19. The van der Waals surface area contributed by atoms with E-state index < -0.39 is 59.2 Å². The maximum Gasteiger partial charge on any atom is 0.408 e. The van der Waals surface area contributed by atoms with E-state index in [1.54, 1.807) is 53.7 Å². The number of esters is 1. The highest BCUT2D eigenvalue weighted by atomic mass is 16.6. The fourth-order valence-corrected chi connectivity index (χ4v) is 4.39. The Morgan fingerprint density at radius 1 is 0.688 bits per heavy atom. The van der Waals surface area contributed by atoms with Crippen molar-refractivity contribution < 1.29 is 38.2 Å². The molecule has 8 N–H and O–H groups in total. The monoisotopic (exact) mass is 678 g/mol. The minimum absolute atomic E-state index is 0.109. The Bertz CT molecular complexity index is 1200. The number of hydrogen-bond acceptors (Lipinski definition) is 9. The maximum absolute atomic E-state index is 13.8. The third kappa shape index (κ3) is 18.9. The molecule has 0 heterocycles. The summed E-state index contributed by atoms with van der Waals surface area (Å²) in [6.45, 7) is 16.6. The van der Waals surface area contributed by atoms with Crippen molar-refractivity contribution in [2.24, 2.45) is 11.5 Å². The van der Waals surface area contributed by atoms with Crippen LogP contribution in [-0.2, 0) is 30.3 Å². The maximum atomic E-state index is 13.8. The number of nitrogens with two attached hydrogens (primary N) is 2. The van der Waals surface area contributed by atoms with Crippen LogP contribution in [0.2, 0.25) is 0 Å². The summed E-state index contributed by atoms with van der Waals surface area (Å²) in [5.41, 5.74) is 9.55. The number of benzene rings is 1. The first kappa shape index (κ1) is 42.0. The number of unbranched alkanes of at least 4 members (excludes halogenated alkanes) is 1. The lowest BCUT2D eigenvalue weighted by Gasteiger charge is -2.28. The minimum Gasteiger partial charge on any atom is -0.488 e. The van der Waals surface area contributed by atoms with E-state index >= 15 is 0 Å². The largest absolute Gasteiger partial charge is 0.488 e. The highest BCUT2D eigenvalue weighted by molar-refractivity contribution is 5.93. The Hall–Kier alpha value is -4.07. The molecule has 0 bridgehead atoms. The zero-order valence-corrected chi connectivity index (χ0v) is 30.1. The average Bonchev–Trinajstić information content (AvgIpc) is 2.91. The lowest BCUT2D eigenvalue weighted by molar-refractivity contribution is -0.158. The van der Waals surface area contributed by atoms with Gasteiger partial charge in [0.1, 0.15) is 40.7 Å². The first-order valence-electron chi connectivity index (χ1n) is 16.4. The van der Waals surface area contributed by atoms with Gasteiger partial charge in [0.2, 0.25) is 11.8 Å². The number of hydrogen-bond donors (Lipinski definition) is 6. The van der Waals surface area contributed by atoms with E-state index in [0.29, 0.717) is 31.6 Å². The molecule has 0 fully saturated rings. The van der Waals surface area contributed by atoms with Crippen molar-refractivity contribution in [1.29, 1.82) is 0 Å². The van der Waals surface area contributed by atoms with Gasteiger partial charge in [-0.15, -0.1) is 0 Å². The first-order valence-corrected chi connectivity index (χ1v) is 16.4. The van der Waals surface area contributed by atoms with Crippen molar-refractivity contribution in [1.82, 2.24) is 21.3 Å². The third-order valence-corrected chi connectivity index (χ3v) is 6.35. The van der Waals surface area contributed by atoms with Gasteiger partial charge in [0.15, 0.2) is 0 Å². The molecule has 3 atom stereocenters. The van der Waals surface area contributed by atoms with Crippen molar-refractivity contribution in [2.75, 3.05) is 13.1 Å². The zero-order valence-electron chi connectivity index (χ0n) is 30.1. The van der Waals surface area contributed by atoms with Crippen molar-refractivity contribution >= 4 is 29.9 Å². The number of primary amides is 1. The van der Waals surface area contributed by atoms with Crippen LogP contribution in [0.1, 0.15) is 100.0 Å². The van der Waals surface area contributed by atoms with Crippen LogP contribution in [0, 0.1) is 0 Å². The van der Waals surface area contributed by atoms with Crippen LogP contribution in [0.25, 0.3) is 0 Å². The Balaban J connectivity index is 3.25. The molecule has 48 heavy (non-hydrogen) atoms. The molecule has 0 aliphatic heterocycles. The zero-order chi connectivity index (χ0) is 36.7. The smallest absolute Gasteiger partial charge is 0.408 e. The Morgan fingerprint density at radius 2 is 1.21 bits per heavy atom. The quantitative estimate of drug-likeness (QED) is 0.105. The van der Waals surface area contributed by atoms with E-state index in [1.807, 2.05) is 32.9 Å². The van der Waals surface area contributed by atoms with Gasteiger partial charge < -0.3 is 46.9 Å². The van der Waals surface area contributed by atoms with Crippen molar-refractivity contribution in [3.05, 3.63) is 29.8 Å². The van der Waals surface area contributed by atoms with Crippen LogP contribution in [0.4, 0.5) is 9.59 Å². The summed E-state index contributed by atoms with van der Waals surface area (Å²) in [5, 5.41) is 10.5. The number of rotatable bonds is 17. The van der Waals surface area contributed by atoms with Crippen molar-refractivity contribution in [2.45, 2.75) is 136 Å². The second-order valence-electron chi connectivity index (χ2n) is 14.6. The van der Waals surface area contributed by atoms with E-state index in [9.17, 15) is 24.0 Å². The number of urea groups is 1. The fraction of sp³-hybridized carbons (Fsp3) is 0.676. The second kappa shape index (κ2) is 19.1. The normalized spacial score (nSPS) is 13.7. The Kier molecular flexibility index (Phi) is 16.7.